The number of carbonyl (C=O) groups is 1. The number of amides is 1. The number of ether oxygens (including phenoxy) is 1. The molecule has 0 radical (unpaired) electrons. The van der Waals surface area contributed by atoms with E-state index >= 15 is 0 Å². The maximum absolute atomic E-state index is 12.7. The lowest BCUT2D eigenvalue weighted by atomic mass is 10.3. The quantitative estimate of drug-likeness (QED) is 0.444. The Morgan fingerprint density at radius 3 is 2.76 bits per heavy atom. The van der Waals surface area contributed by atoms with Crippen molar-refractivity contribution in [1.29, 1.82) is 0 Å². The molecule has 0 atom stereocenters. The standard InChI is InChI=1S/C21H23ClN4O2S/c1-2-25(19-16-26(24-21(19)22)17-7-6-11-23-15-17)20(27)10-13-29-14-12-28-18-8-4-3-5-9-18/h3-9,11,15-16H,2,10,12-14H2,1H3. The van der Waals surface area contributed by atoms with Gasteiger partial charge in [-0.05, 0) is 31.2 Å². The van der Waals surface area contributed by atoms with E-state index in [4.69, 9.17) is 16.3 Å². The van der Waals surface area contributed by atoms with Gasteiger partial charge in [-0.1, -0.05) is 29.8 Å². The Balaban J connectivity index is 1.48. The van der Waals surface area contributed by atoms with Crippen molar-refractivity contribution in [3.8, 4) is 11.4 Å². The predicted octanol–water partition coefficient (Wildman–Crippen LogP) is 4.48. The van der Waals surface area contributed by atoms with Gasteiger partial charge in [-0.3, -0.25) is 9.78 Å². The van der Waals surface area contributed by atoms with Gasteiger partial charge in [0.1, 0.15) is 11.4 Å². The highest BCUT2D eigenvalue weighted by atomic mass is 35.5. The molecule has 0 N–H and O–H groups in total. The van der Waals surface area contributed by atoms with Crippen LogP contribution in [-0.4, -0.2) is 45.3 Å². The summed E-state index contributed by atoms with van der Waals surface area (Å²) in [5.41, 5.74) is 1.40. The van der Waals surface area contributed by atoms with Crippen LogP contribution in [0.3, 0.4) is 0 Å². The first-order valence-electron chi connectivity index (χ1n) is 9.40. The second kappa shape index (κ2) is 10.9. The molecule has 0 saturated carbocycles. The Bertz CT molecular complexity index is 906. The first-order chi connectivity index (χ1) is 14.2. The van der Waals surface area contributed by atoms with Crippen molar-refractivity contribution in [2.45, 2.75) is 13.3 Å². The van der Waals surface area contributed by atoms with Gasteiger partial charge in [-0.2, -0.15) is 16.9 Å². The van der Waals surface area contributed by atoms with Crippen LogP contribution >= 0.6 is 23.4 Å². The monoisotopic (exact) mass is 430 g/mol. The van der Waals surface area contributed by atoms with Crippen LogP contribution in [0.2, 0.25) is 5.15 Å². The normalized spacial score (nSPS) is 10.7. The van der Waals surface area contributed by atoms with Gasteiger partial charge in [-0.15, -0.1) is 0 Å². The van der Waals surface area contributed by atoms with Crippen molar-refractivity contribution in [3.05, 3.63) is 66.2 Å². The number of anilines is 1. The zero-order chi connectivity index (χ0) is 20.5. The Labute approximate surface area is 179 Å². The third-order valence-electron chi connectivity index (χ3n) is 4.17. The van der Waals surface area contributed by atoms with Gasteiger partial charge in [0.15, 0.2) is 5.15 Å². The number of para-hydroxylation sites is 1. The molecule has 0 saturated heterocycles. The number of pyridine rings is 1. The van der Waals surface area contributed by atoms with Crippen molar-refractivity contribution in [2.24, 2.45) is 0 Å². The smallest absolute Gasteiger partial charge is 0.227 e. The molecule has 0 aliphatic heterocycles. The molecule has 0 bridgehead atoms. The molecule has 6 nitrogen and oxygen atoms in total. The van der Waals surface area contributed by atoms with Crippen LogP contribution in [0.4, 0.5) is 5.69 Å². The molecule has 8 heteroatoms. The first-order valence-corrected chi connectivity index (χ1v) is 10.9. The van der Waals surface area contributed by atoms with E-state index in [2.05, 4.69) is 10.1 Å². The van der Waals surface area contributed by atoms with E-state index in [0.717, 1.165) is 22.9 Å². The second-order valence-corrected chi connectivity index (χ2v) is 7.71. The summed E-state index contributed by atoms with van der Waals surface area (Å²) in [6.07, 6.45) is 5.58. The number of halogens is 1. The average molecular weight is 431 g/mol. The third-order valence-corrected chi connectivity index (χ3v) is 5.39. The van der Waals surface area contributed by atoms with Crippen molar-refractivity contribution < 1.29 is 9.53 Å². The fourth-order valence-corrected chi connectivity index (χ4v) is 3.72. The molecule has 1 amide bonds. The lowest BCUT2D eigenvalue weighted by molar-refractivity contribution is -0.118. The molecule has 0 unspecified atom stereocenters. The Morgan fingerprint density at radius 1 is 1.21 bits per heavy atom. The van der Waals surface area contributed by atoms with Crippen molar-refractivity contribution >= 4 is 35.0 Å². The highest BCUT2D eigenvalue weighted by molar-refractivity contribution is 7.99. The molecule has 0 aliphatic rings. The van der Waals surface area contributed by atoms with Crippen molar-refractivity contribution in [1.82, 2.24) is 14.8 Å². The molecule has 0 spiro atoms. The summed E-state index contributed by atoms with van der Waals surface area (Å²) >= 11 is 8.00. The summed E-state index contributed by atoms with van der Waals surface area (Å²) in [6.45, 7) is 3.07. The minimum absolute atomic E-state index is 0.0246. The van der Waals surface area contributed by atoms with Crippen LogP contribution in [0.1, 0.15) is 13.3 Å². The minimum Gasteiger partial charge on any atom is -0.493 e. The lowest BCUT2D eigenvalue weighted by Gasteiger charge is -2.19. The Morgan fingerprint density at radius 2 is 2.03 bits per heavy atom. The van der Waals surface area contributed by atoms with E-state index < -0.39 is 0 Å². The summed E-state index contributed by atoms with van der Waals surface area (Å²) in [5.74, 6) is 2.44. The highest BCUT2D eigenvalue weighted by Crippen LogP contribution is 2.26. The maximum Gasteiger partial charge on any atom is 0.227 e. The Kier molecular flexibility index (Phi) is 7.95. The molecule has 3 rings (SSSR count). The molecular weight excluding hydrogens is 408 g/mol. The van der Waals surface area contributed by atoms with Crippen LogP contribution in [-0.2, 0) is 4.79 Å². The molecule has 0 aliphatic carbocycles. The van der Waals surface area contributed by atoms with E-state index in [1.54, 1.807) is 39.9 Å². The van der Waals surface area contributed by atoms with Crippen LogP contribution in [0.15, 0.2) is 61.1 Å². The van der Waals surface area contributed by atoms with E-state index in [1.807, 2.05) is 49.4 Å². The SMILES string of the molecule is CCN(C(=O)CCSCCOc1ccccc1)c1cn(-c2cccnc2)nc1Cl. The van der Waals surface area contributed by atoms with Gasteiger partial charge in [0.2, 0.25) is 5.91 Å². The fraction of sp³-hybridized carbons (Fsp3) is 0.286. The number of nitrogens with zero attached hydrogens (tertiary/aromatic N) is 4. The molecular formula is C21H23ClN4O2S. The topological polar surface area (TPSA) is 60.2 Å². The van der Waals surface area contributed by atoms with Crippen LogP contribution < -0.4 is 9.64 Å². The highest BCUT2D eigenvalue weighted by Gasteiger charge is 2.20. The van der Waals surface area contributed by atoms with Gasteiger partial charge in [0.05, 0.1) is 24.7 Å². The van der Waals surface area contributed by atoms with E-state index in [9.17, 15) is 4.79 Å². The molecule has 3 aromatic rings. The predicted molar refractivity (Wildman–Crippen MR) is 118 cm³/mol. The first kappa shape index (κ1) is 21.2. The summed E-state index contributed by atoms with van der Waals surface area (Å²) in [6, 6.07) is 13.4. The van der Waals surface area contributed by atoms with Gasteiger partial charge >= 0.3 is 0 Å². The fourth-order valence-electron chi connectivity index (χ4n) is 2.76. The number of benzene rings is 1. The molecule has 2 aromatic heterocycles. The summed E-state index contributed by atoms with van der Waals surface area (Å²) in [5, 5.41) is 4.61. The van der Waals surface area contributed by atoms with Gasteiger partial charge in [0, 0.05) is 30.7 Å². The van der Waals surface area contributed by atoms with Crippen LogP contribution in [0.5, 0.6) is 5.75 Å². The maximum atomic E-state index is 12.7. The number of carbonyl (C=O) groups excluding carboxylic acids is 1. The number of rotatable bonds is 10. The summed E-state index contributed by atoms with van der Waals surface area (Å²) in [4.78, 5) is 18.5. The molecule has 2 heterocycles. The van der Waals surface area contributed by atoms with Crippen LogP contribution in [0, 0.1) is 0 Å². The lowest BCUT2D eigenvalue weighted by Crippen LogP contribution is -2.30. The molecule has 0 fully saturated rings. The molecule has 29 heavy (non-hydrogen) atoms. The van der Waals surface area contributed by atoms with E-state index in [-0.39, 0.29) is 5.91 Å². The summed E-state index contributed by atoms with van der Waals surface area (Å²) in [7, 11) is 0. The zero-order valence-electron chi connectivity index (χ0n) is 16.2. The number of hydrogen-bond acceptors (Lipinski definition) is 5. The third kappa shape index (κ3) is 5.98. The second-order valence-electron chi connectivity index (χ2n) is 6.12. The van der Waals surface area contributed by atoms with Crippen molar-refractivity contribution in [2.75, 3.05) is 29.6 Å². The molecule has 1 aromatic carbocycles. The van der Waals surface area contributed by atoms with Crippen LogP contribution in [0.25, 0.3) is 5.69 Å². The minimum atomic E-state index is 0.0246. The van der Waals surface area contributed by atoms with Gasteiger partial charge < -0.3 is 9.64 Å². The van der Waals surface area contributed by atoms with Gasteiger partial charge in [0.25, 0.3) is 0 Å². The number of hydrogen-bond donors (Lipinski definition) is 0. The van der Waals surface area contributed by atoms with E-state index in [0.29, 0.717) is 30.4 Å². The zero-order valence-corrected chi connectivity index (χ0v) is 17.8. The number of aromatic nitrogens is 3. The average Bonchev–Trinajstić information content (AvgIpc) is 3.14. The Hall–Kier alpha value is -2.51. The van der Waals surface area contributed by atoms with Gasteiger partial charge in [-0.25, -0.2) is 4.68 Å². The summed E-state index contributed by atoms with van der Waals surface area (Å²) < 4.78 is 7.30. The number of thioether (sulfide) groups is 1. The molecule has 152 valence electrons. The van der Waals surface area contributed by atoms with E-state index in [1.165, 1.54) is 0 Å². The largest absolute Gasteiger partial charge is 0.493 e. The van der Waals surface area contributed by atoms with Crippen molar-refractivity contribution in [3.63, 3.8) is 0 Å².